The van der Waals surface area contributed by atoms with E-state index in [2.05, 4.69) is 31.0 Å². The number of carbonyl (C=O) groups is 2. The van der Waals surface area contributed by atoms with Gasteiger partial charge in [-0.3, -0.25) is 14.5 Å². The van der Waals surface area contributed by atoms with Crippen LogP contribution in [-0.4, -0.2) is 40.6 Å². The zero-order chi connectivity index (χ0) is 36.9. The van der Waals surface area contributed by atoms with Gasteiger partial charge in [-0.1, -0.05) is 123 Å². The molecule has 1 unspecified atom stereocenters. The number of amides is 1. The first-order chi connectivity index (χ1) is 24.1. The van der Waals surface area contributed by atoms with Gasteiger partial charge in [0.05, 0.1) is 23.1 Å². The molecule has 4 aromatic carbocycles. The van der Waals surface area contributed by atoms with E-state index >= 15 is 9.18 Å². The van der Waals surface area contributed by atoms with Gasteiger partial charge in [-0.25, -0.2) is 4.39 Å². The van der Waals surface area contributed by atoms with E-state index in [0.29, 0.717) is 22.7 Å². The molecule has 1 fully saturated rings. The molecule has 2 aliphatic heterocycles. The summed E-state index contributed by atoms with van der Waals surface area (Å²) in [7, 11) is 0. The van der Waals surface area contributed by atoms with Gasteiger partial charge in [0, 0.05) is 28.7 Å². The maximum Gasteiger partial charge on any atom is 0.311 e. The molecule has 0 aliphatic carbocycles. The number of rotatable bonds is 8. The fourth-order valence-electron chi connectivity index (χ4n) is 8.18. The van der Waals surface area contributed by atoms with Crippen molar-refractivity contribution in [2.75, 3.05) is 11.9 Å². The molecular weight excluding hydrogens is 686 g/mol. The van der Waals surface area contributed by atoms with Crippen molar-refractivity contribution in [2.24, 2.45) is 10.8 Å². The maximum absolute atomic E-state index is 16.6. The predicted octanol–water partition coefficient (Wildman–Crippen LogP) is 9.66. The molecule has 0 aromatic heterocycles. The summed E-state index contributed by atoms with van der Waals surface area (Å²) in [6.07, 6.45) is -0.429. The lowest BCUT2D eigenvalue weighted by molar-refractivity contribution is -0.165. The average Bonchev–Trinajstić information content (AvgIpc) is 3.51. The van der Waals surface area contributed by atoms with Crippen LogP contribution in [-0.2, 0) is 19.7 Å². The van der Waals surface area contributed by atoms with Crippen molar-refractivity contribution in [1.82, 2.24) is 4.90 Å². The van der Waals surface area contributed by atoms with Gasteiger partial charge >= 0.3 is 5.97 Å². The molecule has 51 heavy (non-hydrogen) atoms. The molecule has 2 heterocycles. The molecule has 4 aromatic rings. The summed E-state index contributed by atoms with van der Waals surface area (Å²) in [4.78, 5) is 31.1. The molecule has 6 nitrogen and oxygen atoms in total. The minimum absolute atomic E-state index is 0.0826. The molecule has 2 N–H and O–H groups in total. The second-order valence-electron chi connectivity index (χ2n) is 16.0. The summed E-state index contributed by atoms with van der Waals surface area (Å²) < 4.78 is 23.1. The van der Waals surface area contributed by atoms with Crippen molar-refractivity contribution in [3.05, 3.63) is 135 Å². The zero-order valence-electron chi connectivity index (χ0n) is 29.8. The van der Waals surface area contributed by atoms with E-state index in [-0.39, 0.29) is 21.9 Å². The van der Waals surface area contributed by atoms with Crippen LogP contribution in [0, 0.1) is 16.6 Å². The Kier molecular flexibility index (Phi) is 10.2. The van der Waals surface area contributed by atoms with E-state index in [1.807, 2.05) is 87.5 Å². The maximum atomic E-state index is 16.6. The van der Waals surface area contributed by atoms with Gasteiger partial charge in [-0.2, -0.15) is 0 Å². The number of hydrogen-bond donors (Lipinski definition) is 2. The summed E-state index contributed by atoms with van der Waals surface area (Å²) in [6, 6.07) is 27.1. The summed E-state index contributed by atoms with van der Waals surface area (Å²) in [6.45, 7) is 11.3. The largest absolute Gasteiger partial charge is 0.455 e. The van der Waals surface area contributed by atoms with E-state index in [0.717, 1.165) is 11.1 Å². The lowest BCUT2D eigenvalue weighted by atomic mass is 9.62. The fraction of sp³-hybridized carbons (Fsp3) is 0.381. The molecule has 6 rings (SSSR count). The average molecular weight is 732 g/mol. The van der Waals surface area contributed by atoms with E-state index in [9.17, 15) is 9.90 Å². The highest BCUT2D eigenvalue weighted by Gasteiger charge is 2.69. The first-order valence-electron chi connectivity index (χ1n) is 17.3. The Morgan fingerprint density at radius 1 is 0.922 bits per heavy atom. The third-order valence-electron chi connectivity index (χ3n) is 10.2. The van der Waals surface area contributed by atoms with Gasteiger partial charge < -0.3 is 15.2 Å². The van der Waals surface area contributed by atoms with Crippen LogP contribution < -0.4 is 5.32 Å². The van der Waals surface area contributed by atoms with Crippen LogP contribution in [0.5, 0.6) is 0 Å². The van der Waals surface area contributed by atoms with Gasteiger partial charge in [0.25, 0.3) is 0 Å². The molecule has 1 saturated heterocycles. The van der Waals surface area contributed by atoms with Gasteiger partial charge in [0.1, 0.15) is 17.3 Å². The summed E-state index contributed by atoms with van der Waals surface area (Å²) >= 11 is 13.0. The smallest absolute Gasteiger partial charge is 0.311 e. The fourth-order valence-corrected chi connectivity index (χ4v) is 8.53. The van der Waals surface area contributed by atoms with Gasteiger partial charge in [0.15, 0.2) is 0 Å². The van der Waals surface area contributed by atoms with E-state index in [1.165, 1.54) is 6.07 Å². The second kappa shape index (κ2) is 14.0. The zero-order valence-corrected chi connectivity index (χ0v) is 31.3. The number of hydrogen-bond acceptors (Lipinski definition) is 5. The number of fused-ring (bicyclic) bond motifs is 2. The highest BCUT2D eigenvalue weighted by atomic mass is 35.5. The quantitative estimate of drug-likeness (QED) is 0.177. The number of nitrogens with zero attached hydrogens (tertiary/aromatic N) is 1. The molecule has 1 amide bonds. The number of ether oxygens (including phenoxy) is 1. The van der Waals surface area contributed by atoms with Gasteiger partial charge in [-0.05, 0) is 73.1 Å². The Morgan fingerprint density at radius 2 is 1.55 bits per heavy atom. The van der Waals surface area contributed by atoms with Crippen molar-refractivity contribution in [2.45, 2.75) is 83.5 Å². The number of nitrogens with one attached hydrogen (secondary N) is 1. The molecule has 0 radical (unpaired) electrons. The van der Waals surface area contributed by atoms with Gasteiger partial charge in [-0.15, -0.1) is 0 Å². The predicted molar refractivity (Wildman–Crippen MR) is 200 cm³/mol. The highest BCUT2D eigenvalue weighted by Crippen LogP contribution is 2.63. The van der Waals surface area contributed by atoms with Crippen molar-refractivity contribution in [1.29, 1.82) is 0 Å². The van der Waals surface area contributed by atoms with Crippen LogP contribution in [0.4, 0.5) is 10.1 Å². The number of esters is 1. The normalized spacial score (nSPS) is 23.2. The SMILES string of the molecule is CC(C)(C)C[C@H]1N(C(c2ccccc2)[C@@H](OC(=O)C(C)(C)C)c2ccccc2)[C@@H](CO)[C@H](c2cccc(Cl)c2F)[C@@]12C(=O)Nc1cc(Cl)ccc12. The Hall–Kier alpha value is -3.75. The second-order valence-corrected chi connectivity index (χ2v) is 16.8. The number of aliphatic hydroxyl groups excluding tert-OH is 1. The first-order valence-corrected chi connectivity index (χ1v) is 18.1. The minimum Gasteiger partial charge on any atom is -0.455 e. The van der Waals surface area contributed by atoms with Crippen molar-refractivity contribution < 1.29 is 23.8 Å². The molecule has 268 valence electrons. The number of halogens is 3. The Morgan fingerprint density at radius 3 is 2.14 bits per heavy atom. The number of benzene rings is 4. The van der Waals surface area contributed by atoms with E-state index in [1.54, 1.807) is 24.3 Å². The molecule has 1 spiro atoms. The van der Waals surface area contributed by atoms with Crippen LogP contribution in [0.3, 0.4) is 0 Å². The van der Waals surface area contributed by atoms with Crippen LogP contribution in [0.1, 0.15) is 88.3 Å². The van der Waals surface area contributed by atoms with Crippen molar-refractivity contribution >= 4 is 40.8 Å². The third-order valence-corrected chi connectivity index (χ3v) is 10.8. The van der Waals surface area contributed by atoms with Crippen LogP contribution in [0.15, 0.2) is 97.1 Å². The van der Waals surface area contributed by atoms with E-state index < -0.39 is 59.4 Å². The third kappa shape index (κ3) is 6.70. The summed E-state index contributed by atoms with van der Waals surface area (Å²) in [5.74, 6) is -2.30. The number of carbonyl (C=O) groups excluding carboxylic acids is 2. The van der Waals surface area contributed by atoms with Crippen molar-refractivity contribution in [3.8, 4) is 0 Å². The first kappa shape index (κ1) is 37.0. The molecule has 0 bridgehead atoms. The molecule has 6 atom stereocenters. The minimum atomic E-state index is -1.42. The number of aliphatic hydroxyl groups is 1. The van der Waals surface area contributed by atoms with Crippen molar-refractivity contribution in [3.63, 3.8) is 0 Å². The Labute approximate surface area is 309 Å². The lowest BCUT2D eigenvalue weighted by Crippen LogP contribution is -2.52. The van der Waals surface area contributed by atoms with Crippen LogP contribution >= 0.6 is 23.2 Å². The topological polar surface area (TPSA) is 78.9 Å². The Balaban J connectivity index is 1.73. The molecular formula is C42H45Cl2FN2O4. The summed E-state index contributed by atoms with van der Waals surface area (Å²) in [5, 5.41) is 15.1. The van der Waals surface area contributed by atoms with E-state index in [4.69, 9.17) is 27.9 Å². The summed E-state index contributed by atoms with van der Waals surface area (Å²) in [5.41, 5.74) is 0.340. The monoisotopic (exact) mass is 730 g/mol. The number of anilines is 1. The lowest BCUT2D eigenvalue weighted by Gasteiger charge is -2.45. The van der Waals surface area contributed by atoms with Gasteiger partial charge in [0.2, 0.25) is 5.91 Å². The number of likely N-dealkylation sites (tertiary alicyclic amines) is 1. The molecule has 0 saturated carbocycles. The molecule has 2 aliphatic rings. The standard InChI is InChI=1S/C42H45Cl2FN2O4/c1-40(2,3)23-33-42(29-21-20-27(43)22-31(29)46-38(42)49)34(28-18-13-19-30(44)35(28)45)32(24-48)47(33)36(25-14-9-7-10-15-25)37(26-16-11-8-12-17-26)51-39(50)41(4,5)6/h7-22,32-34,36-37,48H,23-24H2,1-6H3,(H,46,49)/t32-,33+,34-,36?,37-,42-/m0/s1. The van der Waals surface area contributed by atoms with Crippen LogP contribution in [0.2, 0.25) is 10.0 Å². The molecule has 9 heteroatoms. The Bertz CT molecular complexity index is 1910. The van der Waals surface area contributed by atoms with Crippen LogP contribution in [0.25, 0.3) is 0 Å². The highest BCUT2D eigenvalue weighted by molar-refractivity contribution is 6.31.